The van der Waals surface area contributed by atoms with Crippen molar-refractivity contribution < 1.29 is 22.3 Å². The first-order chi connectivity index (χ1) is 11.4. The highest BCUT2D eigenvalue weighted by molar-refractivity contribution is 5.35. The van der Waals surface area contributed by atoms with E-state index in [1.54, 1.807) is 6.07 Å². The van der Waals surface area contributed by atoms with Gasteiger partial charge in [0.15, 0.2) is 5.60 Å². The van der Waals surface area contributed by atoms with E-state index in [-0.39, 0.29) is 12.2 Å². The van der Waals surface area contributed by atoms with Crippen LogP contribution >= 0.6 is 0 Å². The predicted molar refractivity (Wildman–Crippen MR) is 80.7 cm³/mol. The molecule has 0 amide bonds. The quantitative estimate of drug-likeness (QED) is 0.562. The molecule has 6 heteroatoms. The smallest absolute Gasteiger partial charge is 0.324 e. The van der Waals surface area contributed by atoms with Crippen LogP contribution in [-0.4, -0.2) is 11.6 Å². The predicted octanol–water partition coefficient (Wildman–Crippen LogP) is 4.72. The first kappa shape index (κ1) is 16.9. The highest BCUT2D eigenvalue weighted by Crippen LogP contribution is 2.56. The van der Waals surface area contributed by atoms with Crippen LogP contribution in [0.2, 0.25) is 0 Å². The lowest BCUT2D eigenvalue weighted by Crippen LogP contribution is -2.34. The van der Waals surface area contributed by atoms with Crippen LogP contribution in [0.5, 0.6) is 0 Å². The van der Waals surface area contributed by atoms with Gasteiger partial charge >= 0.3 is 5.92 Å². The zero-order valence-electron chi connectivity index (χ0n) is 13.2. The third kappa shape index (κ3) is 2.79. The summed E-state index contributed by atoms with van der Waals surface area (Å²) in [7, 11) is 0. The number of hydrogen-bond acceptors (Lipinski definition) is 2. The minimum Gasteiger partial charge on any atom is -0.357 e. The molecule has 1 aliphatic rings. The third-order valence-electron chi connectivity index (χ3n) is 4.27. The Labute approximate surface area is 137 Å². The van der Waals surface area contributed by atoms with E-state index >= 15 is 0 Å². The van der Waals surface area contributed by atoms with Gasteiger partial charge in [0.2, 0.25) is 0 Å². The van der Waals surface area contributed by atoms with Gasteiger partial charge in [-0.3, -0.25) is 4.98 Å². The Bertz CT molecular complexity index is 726. The Balaban J connectivity index is 1.91. The van der Waals surface area contributed by atoms with Crippen molar-refractivity contribution in [3.05, 3.63) is 65.0 Å². The lowest BCUT2D eigenvalue weighted by Gasteiger charge is -2.24. The lowest BCUT2D eigenvalue weighted by molar-refractivity contribution is -0.0901. The molecule has 24 heavy (non-hydrogen) atoms. The van der Waals surface area contributed by atoms with Crippen molar-refractivity contribution in [2.45, 2.75) is 37.7 Å². The average Bonchev–Trinajstić information content (AvgIpc) is 3.35. The molecule has 1 aromatic heterocycles. The normalized spacial score (nSPS) is 20.2. The molecule has 1 saturated heterocycles. The summed E-state index contributed by atoms with van der Waals surface area (Å²) < 4.78 is 61.8. The van der Waals surface area contributed by atoms with Crippen molar-refractivity contribution in [2.75, 3.05) is 6.61 Å². The van der Waals surface area contributed by atoms with Gasteiger partial charge in [-0.1, -0.05) is 19.4 Å². The highest BCUT2D eigenvalue weighted by atomic mass is 19.3. The van der Waals surface area contributed by atoms with E-state index in [0.29, 0.717) is 6.07 Å². The zero-order chi connectivity index (χ0) is 17.4. The molecule has 1 fully saturated rings. The molecule has 3 rings (SSSR count). The van der Waals surface area contributed by atoms with Crippen molar-refractivity contribution in [1.29, 1.82) is 0 Å². The topological polar surface area (TPSA) is 25.4 Å². The minimum absolute atomic E-state index is 0.345. The standard InChI is InChI=1S/C18H17F4NO/c1-2-3-4-12-5-8-16(23-10-12)18(21,22)17(11-24-17)14-7-6-13(19)9-15(14)20/h5-10H,2-4,11H2,1H3. The summed E-state index contributed by atoms with van der Waals surface area (Å²) in [6.07, 6.45) is 4.13. The Hall–Kier alpha value is -1.95. The number of aromatic nitrogens is 1. The number of halogens is 4. The highest BCUT2D eigenvalue weighted by Gasteiger charge is 2.68. The summed E-state index contributed by atoms with van der Waals surface area (Å²) in [6, 6.07) is 5.37. The van der Waals surface area contributed by atoms with Crippen LogP contribution < -0.4 is 0 Å². The van der Waals surface area contributed by atoms with E-state index in [4.69, 9.17) is 4.74 Å². The molecule has 2 heterocycles. The van der Waals surface area contributed by atoms with Crippen molar-refractivity contribution in [2.24, 2.45) is 0 Å². The molecule has 1 aliphatic heterocycles. The van der Waals surface area contributed by atoms with Crippen molar-refractivity contribution in [1.82, 2.24) is 4.98 Å². The Morgan fingerprint density at radius 2 is 1.96 bits per heavy atom. The second kappa shape index (κ2) is 6.16. The van der Waals surface area contributed by atoms with E-state index in [1.807, 2.05) is 6.92 Å². The summed E-state index contributed by atoms with van der Waals surface area (Å²) >= 11 is 0. The number of epoxide rings is 1. The van der Waals surface area contributed by atoms with Gasteiger partial charge in [0.1, 0.15) is 17.3 Å². The molecule has 1 atom stereocenters. The van der Waals surface area contributed by atoms with E-state index < -0.39 is 28.9 Å². The van der Waals surface area contributed by atoms with Gasteiger partial charge in [-0.05, 0) is 36.6 Å². The van der Waals surface area contributed by atoms with E-state index in [0.717, 1.165) is 37.0 Å². The first-order valence-electron chi connectivity index (χ1n) is 7.83. The number of benzene rings is 1. The fraction of sp³-hybridized carbons (Fsp3) is 0.389. The molecule has 2 nitrogen and oxygen atoms in total. The molecular weight excluding hydrogens is 322 g/mol. The van der Waals surface area contributed by atoms with Gasteiger partial charge in [-0.25, -0.2) is 8.78 Å². The molecule has 1 aromatic carbocycles. The van der Waals surface area contributed by atoms with Crippen molar-refractivity contribution in [3.63, 3.8) is 0 Å². The van der Waals surface area contributed by atoms with Crippen LogP contribution in [0, 0.1) is 11.6 Å². The number of alkyl halides is 2. The van der Waals surface area contributed by atoms with Gasteiger partial charge in [-0.2, -0.15) is 8.78 Å². The molecule has 2 aromatic rings. The number of ether oxygens (including phenoxy) is 1. The molecule has 0 aliphatic carbocycles. The summed E-state index contributed by atoms with van der Waals surface area (Å²) in [5.41, 5.74) is -2.09. The molecule has 0 radical (unpaired) electrons. The Kier molecular flexibility index (Phi) is 4.34. The summed E-state index contributed by atoms with van der Waals surface area (Å²) in [5, 5.41) is 0. The third-order valence-corrected chi connectivity index (χ3v) is 4.27. The summed E-state index contributed by atoms with van der Waals surface area (Å²) in [6.45, 7) is 1.70. The van der Waals surface area contributed by atoms with Gasteiger partial charge in [0.25, 0.3) is 0 Å². The number of nitrogens with zero attached hydrogens (tertiary/aromatic N) is 1. The average molecular weight is 339 g/mol. The lowest BCUT2D eigenvalue weighted by atomic mass is 9.90. The molecule has 0 saturated carbocycles. The Morgan fingerprint density at radius 3 is 2.50 bits per heavy atom. The van der Waals surface area contributed by atoms with Crippen LogP contribution in [-0.2, 0) is 22.7 Å². The molecule has 0 bridgehead atoms. The monoisotopic (exact) mass is 339 g/mol. The number of rotatable bonds is 6. The maximum Gasteiger partial charge on any atom is 0.324 e. The SMILES string of the molecule is CCCCc1ccc(C(F)(F)C2(c3ccc(F)cc3F)CO2)nc1. The van der Waals surface area contributed by atoms with Gasteiger partial charge in [0.05, 0.1) is 6.61 Å². The van der Waals surface area contributed by atoms with Gasteiger partial charge in [-0.15, -0.1) is 0 Å². The zero-order valence-corrected chi connectivity index (χ0v) is 13.2. The molecule has 0 N–H and O–H groups in total. The number of aryl methyl sites for hydroxylation is 1. The first-order valence-corrected chi connectivity index (χ1v) is 7.83. The maximum absolute atomic E-state index is 14.9. The van der Waals surface area contributed by atoms with Crippen LogP contribution in [0.1, 0.15) is 36.6 Å². The van der Waals surface area contributed by atoms with Gasteiger partial charge in [0, 0.05) is 17.8 Å². The molecule has 1 unspecified atom stereocenters. The van der Waals surface area contributed by atoms with Crippen LogP contribution in [0.15, 0.2) is 36.5 Å². The summed E-state index contributed by atoms with van der Waals surface area (Å²) in [4.78, 5) is 3.86. The van der Waals surface area contributed by atoms with Crippen LogP contribution in [0.25, 0.3) is 0 Å². The second-order valence-corrected chi connectivity index (χ2v) is 5.97. The van der Waals surface area contributed by atoms with Gasteiger partial charge < -0.3 is 4.74 Å². The van der Waals surface area contributed by atoms with E-state index in [9.17, 15) is 17.6 Å². The molecule has 128 valence electrons. The van der Waals surface area contributed by atoms with Crippen LogP contribution in [0.4, 0.5) is 17.6 Å². The largest absolute Gasteiger partial charge is 0.357 e. The fourth-order valence-electron chi connectivity index (χ4n) is 2.74. The number of pyridine rings is 1. The van der Waals surface area contributed by atoms with E-state index in [1.165, 1.54) is 12.3 Å². The van der Waals surface area contributed by atoms with Crippen LogP contribution in [0.3, 0.4) is 0 Å². The summed E-state index contributed by atoms with van der Waals surface area (Å²) in [5.74, 6) is -5.39. The fourth-order valence-corrected chi connectivity index (χ4v) is 2.74. The molecule has 0 spiro atoms. The minimum atomic E-state index is -3.52. The number of hydrogen-bond donors (Lipinski definition) is 0. The van der Waals surface area contributed by atoms with E-state index in [2.05, 4.69) is 4.98 Å². The van der Waals surface area contributed by atoms with Crippen molar-refractivity contribution >= 4 is 0 Å². The van der Waals surface area contributed by atoms with Crippen molar-refractivity contribution in [3.8, 4) is 0 Å². The molecular formula is C18H17F4NO. The number of unbranched alkanes of at least 4 members (excludes halogenated alkanes) is 1. The second-order valence-electron chi connectivity index (χ2n) is 5.97. The maximum atomic E-state index is 14.9. The Morgan fingerprint density at radius 1 is 1.21 bits per heavy atom.